The molecule has 2 aliphatic carbocycles. The van der Waals surface area contributed by atoms with E-state index in [1.807, 2.05) is 0 Å². The lowest BCUT2D eigenvalue weighted by Crippen LogP contribution is -2.14. The molecular weight excluding hydrogens is 555 g/mol. The lowest BCUT2D eigenvalue weighted by atomic mass is 9.81. The topological polar surface area (TPSA) is 4.93 Å². The monoisotopic (exact) mass is 585 g/mol. The standard InChI is InChI=1S/C45H31N/c1-45(2)39-21-11-9-19-36(39)43-40(45)25-26-42-44(43)37-20-10-12-22-41(37)46(42)28-23-24-35-33-17-6-5-15-31(33)29-13-3-4-14-30(29)32-16-7-8-18-34(32)38(35)27-28/h3-27H,1-2H3. The predicted octanol–water partition coefficient (Wildman–Crippen LogP) is 12.1. The highest BCUT2D eigenvalue weighted by Gasteiger charge is 2.37. The van der Waals surface area contributed by atoms with E-state index in [1.54, 1.807) is 0 Å². The largest absolute Gasteiger partial charge is 0.309 e. The van der Waals surface area contributed by atoms with Crippen LogP contribution >= 0.6 is 0 Å². The van der Waals surface area contributed by atoms with Crippen molar-refractivity contribution in [2.24, 2.45) is 0 Å². The summed E-state index contributed by atoms with van der Waals surface area (Å²) in [6, 6.07) is 56.4. The molecule has 0 atom stereocenters. The predicted molar refractivity (Wildman–Crippen MR) is 194 cm³/mol. The fourth-order valence-corrected chi connectivity index (χ4v) is 8.52. The molecule has 0 saturated carbocycles. The van der Waals surface area contributed by atoms with E-state index in [-0.39, 0.29) is 5.41 Å². The fraction of sp³-hybridized carbons (Fsp3) is 0.0667. The third kappa shape index (κ3) is 3.30. The first-order valence-corrected chi connectivity index (χ1v) is 16.2. The van der Waals surface area contributed by atoms with E-state index in [0.29, 0.717) is 0 Å². The molecular formula is C45H31N. The average molecular weight is 586 g/mol. The lowest BCUT2D eigenvalue weighted by Gasteiger charge is -2.24. The van der Waals surface area contributed by atoms with Gasteiger partial charge in [0.05, 0.1) is 11.0 Å². The summed E-state index contributed by atoms with van der Waals surface area (Å²) >= 11 is 0. The van der Waals surface area contributed by atoms with E-state index in [4.69, 9.17) is 0 Å². The molecule has 0 N–H and O–H groups in total. The molecule has 0 spiro atoms. The number of para-hydroxylation sites is 1. The second-order valence-electron chi connectivity index (χ2n) is 13.3. The van der Waals surface area contributed by atoms with Gasteiger partial charge in [-0.3, -0.25) is 0 Å². The number of benzene rings is 7. The highest BCUT2D eigenvalue weighted by molar-refractivity contribution is 6.18. The van der Waals surface area contributed by atoms with Gasteiger partial charge in [-0.05, 0) is 91.0 Å². The van der Waals surface area contributed by atoms with Gasteiger partial charge >= 0.3 is 0 Å². The average Bonchev–Trinajstić information content (AvgIpc) is 3.56. The zero-order chi connectivity index (χ0) is 30.6. The van der Waals surface area contributed by atoms with Gasteiger partial charge in [0.1, 0.15) is 0 Å². The van der Waals surface area contributed by atoms with Crippen molar-refractivity contribution in [1.82, 2.24) is 4.57 Å². The fourth-order valence-electron chi connectivity index (χ4n) is 8.52. The van der Waals surface area contributed by atoms with Crippen LogP contribution in [0.1, 0.15) is 25.0 Å². The van der Waals surface area contributed by atoms with E-state index < -0.39 is 0 Å². The number of hydrogen-bond acceptors (Lipinski definition) is 0. The van der Waals surface area contributed by atoms with Crippen LogP contribution in [-0.4, -0.2) is 4.57 Å². The minimum atomic E-state index is -0.0424. The summed E-state index contributed by atoms with van der Waals surface area (Å²) in [5, 5.41) is 2.64. The zero-order valence-corrected chi connectivity index (χ0v) is 25.9. The summed E-state index contributed by atoms with van der Waals surface area (Å²) in [5.74, 6) is 0. The Morgan fingerprint density at radius 3 is 1.52 bits per heavy atom. The molecule has 0 aliphatic heterocycles. The van der Waals surface area contributed by atoms with E-state index in [1.165, 1.54) is 94.3 Å². The summed E-state index contributed by atoms with van der Waals surface area (Å²) in [5.41, 5.74) is 19.3. The van der Waals surface area contributed by atoms with Gasteiger partial charge in [-0.15, -0.1) is 0 Å². The van der Waals surface area contributed by atoms with Crippen LogP contribution in [0, 0.1) is 0 Å². The molecule has 10 rings (SSSR count). The minimum absolute atomic E-state index is 0.0424. The van der Waals surface area contributed by atoms with E-state index in [0.717, 1.165) is 0 Å². The van der Waals surface area contributed by atoms with Gasteiger partial charge in [0.2, 0.25) is 0 Å². The van der Waals surface area contributed by atoms with Crippen LogP contribution in [0.4, 0.5) is 0 Å². The van der Waals surface area contributed by atoms with Crippen LogP contribution < -0.4 is 0 Å². The quantitative estimate of drug-likeness (QED) is 0.181. The Morgan fingerprint density at radius 2 is 0.891 bits per heavy atom. The molecule has 0 saturated heterocycles. The summed E-state index contributed by atoms with van der Waals surface area (Å²) < 4.78 is 2.49. The van der Waals surface area contributed by atoms with E-state index in [2.05, 4.69) is 170 Å². The van der Waals surface area contributed by atoms with Crippen molar-refractivity contribution in [2.45, 2.75) is 19.3 Å². The first-order chi connectivity index (χ1) is 22.6. The first-order valence-electron chi connectivity index (χ1n) is 16.2. The first kappa shape index (κ1) is 25.6. The van der Waals surface area contributed by atoms with Crippen LogP contribution in [0.25, 0.3) is 83.1 Å². The maximum Gasteiger partial charge on any atom is 0.0547 e. The van der Waals surface area contributed by atoms with E-state index in [9.17, 15) is 0 Å². The van der Waals surface area contributed by atoms with Crippen molar-refractivity contribution in [3.05, 3.63) is 163 Å². The molecule has 216 valence electrons. The van der Waals surface area contributed by atoms with Crippen molar-refractivity contribution in [3.63, 3.8) is 0 Å². The third-order valence-electron chi connectivity index (χ3n) is 10.6. The molecule has 1 nitrogen and oxygen atoms in total. The van der Waals surface area contributed by atoms with Gasteiger partial charge in [-0.1, -0.05) is 141 Å². The molecule has 2 aliphatic rings. The van der Waals surface area contributed by atoms with Crippen molar-refractivity contribution in [1.29, 1.82) is 0 Å². The Balaban J connectivity index is 1.30. The third-order valence-corrected chi connectivity index (χ3v) is 10.6. The summed E-state index contributed by atoms with van der Waals surface area (Å²) in [6.45, 7) is 4.73. The van der Waals surface area contributed by atoms with Crippen molar-refractivity contribution in [2.75, 3.05) is 0 Å². The summed E-state index contributed by atoms with van der Waals surface area (Å²) in [7, 11) is 0. The SMILES string of the molecule is CC1(C)c2ccccc2-c2c1ccc1c2c2ccccc2n1-c1ccc2c(c1)-c1ccccc1-c1ccccc1-c1ccccc1-2. The summed E-state index contributed by atoms with van der Waals surface area (Å²) in [4.78, 5) is 0. The number of rotatable bonds is 1. The van der Waals surface area contributed by atoms with Gasteiger partial charge in [0.15, 0.2) is 0 Å². The van der Waals surface area contributed by atoms with Gasteiger partial charge < -0.3 is 4.57 Å². The van der Waals surface area contributed by atoms with Crippen LogP contribution in [0.3, 0.4) is 0 Å². The van der Waals surface area contributed by atoms with Crippen molar-refractivity contribution >= 4 is 21.8 Å². The number of fused-ring (bicyclic) bond motifs is 15. The Morgan fingerprint density at radius 1 is 0.391 bits per heavy atom. The Labute approximate surface area is 269 Å². The number of nitrogens with zero attached hydrogens (tertiary/aromatic N) is 1. The van der Waals surface area contributed by atoms with Gasteiger partial charge in [-0.2, -0.15) is 0 Å². The number of aromatic nitrogens is 1. The van der Waals surface area contributed by atoms with Crippen molar-refractivity contribution in [3.8, 4) is 61.3 Å². The minimum Gasteiger partial charge on any atom is -0.309 e. The van der Waals surface area contributed by atoms with Crippen LogP contribution in [0.5, 0.6) is 0 Å². The Hall–Kier alpha value is -5.66. The molecule has 1 heteroatoms. The molecule has 0 fully saturated rings. The second-order valence-corrected chi connectivity index (χ2v) is 13.3. The molecule has 46 heavy (non-hydrogen) atoms. The second kappa shape index (κ2) is 9.19. The van der Waals surface area contributed by atoms with Crippen LogP contribution in [0.2, 0.25) is 0 Å². The molecule has 1 aromatic heterocycles. The smallest absolute Gasteiger partial charge is 0.0547 e. The molecule has 7 aromatic carbocycles. The van der Waals surface area contributed by atoms with Crippen LogP contribution in [0.15, 0.2) is 152 Å². The summed E-state index contributed by atoms with van der Waals surface area (Å²) in [6.07, 6.45) is 0. The van der Waals surface area contributed by atoms with E-state index >= 15 is 0 Å². The molecule has 1 heterocycles. The van der Waals surface area contributed by atoms with Crippen LogP contribution in [-0.2, 0) is 5.41 Å². The molecule has 0 unspecified atom stereocenters. The maximum atomic E-state index is 2.49. The molecule has 0 radical (unpaired) electrons. The van der Waals surface area contributed by atoms with Gasteiger partial charge in [-0.25, -0.2) is 0 Å². The van der Waals surface area contributed by atoms with Gasteiger partial charge in [0.25, 0.3) is 0 Å². The highest BCUT2D eigenvalue weighted by Crippen LogP contribution is 2.54. The maximum absolute atomic E-state index is 2.49. The Kier molecular flexibility index (Phi) is 5.12. The highest BCUT2D eigenvalue weighted by atomic mass is 15.0. The van der Waals surface area contributed by atoms with Gasteiger partial charge in [0, 0.05) is 21.9 Å². The molecule has 0 amide bonds. The Bertz CT molecular complexity index is 2550. The zero-order valence-electron chi connectivity index (χ0n) is 25.9. The van der Waals surface area contributed by atoms with Crippen molar-refractivity contribution < 1.29 is 0 Å². The normalized spacial score (nSPS) is 13.6. The molecule has 0 bridgehead atoms. The molecule has 8 aromatic rings. The number of hydrogen-bond donors (Lipinski definition) is 0. The lowest BCUT2D eigenvalue weighted by molar-refractivity contribution is 0.661.